The fourth-order valence-electron chi connectivity index (χ4n) is 1.65. The molecule has 0 spiro atoms. The highest BCUT2D eigenvalue weighted by molar-refractivity contribution is 5.98. The molecule has 102 valence electrons. The van der Waals surface area contributed by atoms with Crippen molar-refractivity contribution >= 4 is 17.8 Å². The number of esters is 1. The zero-order valence-electron chi connectivity index (χ0n) is 11.6. The average molecular weight is 260 g/mol. The van der Waals surface area contributed by atoms with Crippen LogP contribution in [0.25, 0.3) is 6.08 Å². The monoisotopic (exact) mass is 260 g/mol. The molecular weight excluding hydrogens is 240 g/mol. The van der Waals surface area contributed by atoms with E-state index in [0.29, 0.717) is 6.42 Å². The second kappa shape index (κ2) is 7.52. The van der Waals surface area contributed by atoms with Crippen LogP contribution in [0, 0.1) is 5.92 Å². The Hall–Kier alpha value is -1.90. The summed E-state index contributed by atoms with van der Waals surface area (Å²) in [5.74, 6) is -1.31. The maximum atomic E-state index is 11.8. The molecule has 3 nitrogen and oxygen atoms in total. The van der Waals surface area contributed by atoms with Crippen molar-refractivity contribution in [3.05, 3.63) is 42.0 Å². The summed E-state index contributed by atoms with van der Waals surface area (Å²) in [5, 5.41) is 0. The molecule has 19 heavy (non-hydrogen) atoms. The molecule has 0 saturated heterocycles. The van der Waals surface area contributed by atoms with Gasteiger partial charge in [-0.3, -0.25) is 9.59 Å². The first-order valence-electron chi connectivity index (χ1n) is 6.43. The van der Waals surface area contributed by atoms with E-state index in [1.165, 1.54) is 6.92 Å². The van der Waals surface area contributed by atoms with Crippen LogP contribution in [0.5, 0.6) is 0 Å². The fourth-order valence-corrected chi connectivity index (χ4v) is 1.65. The minimum atomic E-state index is -0.706. The number of allylic oxidation sites excluding steroid dienone is 1. The van der Waals surface area contributed by atoms with E-state index < -0.39 is 11.9 Å². The molecule has 1 aromatic rings. The maximum Gasteiger partial charge on any atom is 0.317 e. The predicted molar refractivity (Wildman–Crippen MR) is 75.5 cm³/mol. The summed E-state index contributed by atoms with van der Waals surface area (Å²) in [4.78, 5) is 23.2. The summed E-state index contributed by atoms with van der Waals surface area (Å²) in [6, 6.07) is 9.75. The van der Waals surface area contributed by atoms with Crippen molar-refractivity contribution in [2.24, 2.45) is 5.92 Å². The molecule has 1 aromatic carbocycles. The second-order valence-electron chi connectivity index (χ2n) is 4.70. The highest BCUT2D eigenvalue weighted by Crippen LogP contribution is 2.12. The number of ether oxygens (including phenoxy) is 1. The van der Waals surface area contributed by atoms with Gasteiger partial charge in [-0.15, -0.1) is 0 Å². The van der Waals surface area contributed by atoms with Crippen LogP contribution < -0.4 is 0 Å². The van der Waals surface area contributed by atoms with Crippen LogP contribution >= 0.6 is 0 Å². The number of hydrogen-bond acceptors (Lipinski definition) is 3. The van der Waals surface area contributed by atoms with Gasteiger partial charge in [0, 0.05) is 0 Å². The molecule has 0 aliphatic carbocycles. The molecule has 0 amide bonds. The lowest BCUT2D eigenvalue weighted by molar-refractivity contribution is -0.154. The Morgan fingerprint density at radius 1 is 1.21 bits per heavy atom. The smallest absolute Gasteiger partial charge is 0.317 e. The van der Waals surface area contributed by atoms with Gasteiger partial charge in [-0.1, -0.05) is 42.5 Å². The summed E-state index contributed by atoms with van der Waals surface area (Å²) >= 11 is 0. The van der Waals surface area contributed by atoms with Crippen LogP contribution in [-0.2, 0) is 14.3 Å². The van der Waals surface area contributed by atoms with Crippen LogP contribution in [0.4, 0.5) is 0 Å². The molecule has 0 aliphatic heterocycles. The minimum Gasteiger partial charge on any atom is -0.462 e. The SMILES string of the molecule is CC(=O)C(C/C=C/c1ccccc1)C(=O)OC(C)C. The Morgan fingerprint density at radius 2 is 1.84 bits per heavy atom. The number of ketones is 1. The molecule has 1 atom stereocenters. The number of benzene rings is 1. The van der Waals surface area contributed by atoms with Crippen LogP contribution in [0.15, 0.2) is 36.4 Å². The van der Waals surface area contributed by atoms with Gasteiger partial charge in [-0.05, 0) is 32.8 Å². The van der Waals surface area contributed by atoms with Crippen LogP contribution in [-0.4, -0.2) is 17.9 Å². The molecule has 0 fully saturated rings. The Balaban J connectivity index is 2.62. The van der Waals surface area contributed by atoms with Crippen molar-refractivity contribution in [2.75, 3.05) is 0 Å². The van der Waals surface area contributed by atoms with Crippen molar-refractivity contribution in [3.8, 4) is 0 Å². The Kier molecular flexibility index (Phi) is 6.00. The van der Waals surface area contributed by atoms with E-state index in [2.05, 4.69) is 0 Å². The Morgan fingerprint density at radius 3 is 2.37 bits per heavy atom. The summed E-state index contributed by atoms with van der Waals surface area (Å²) in [5.41, 5.74) is 1.04. The normalized spacial score (nSPS) is 12.6. The lowest BCUT2D eigenvalue weighted by atomic mass is 10.0. The summed E-state index contributed by atoms with van der Waals surface area (Å²) in [6.07, 6.45) is 3.91. The van der Waals surface area contributed by atoms with Gasteiger partial charge in [0.25, 0.3) is 0 Å². The molecule has 1 rings (SSSR count). The number of carbonyl (C=O) groups excluding carboxylic acids is 2. The van der Waals surface area contributed by atoms with Crippen molar-refractivity contribution < 1.29 is 14.3 Å². The quantitative estimate of drug-likeness (QED) is 0.582. The molecule has 3 heteroatoms. The first-order valence-corrected chi connectivity index (χ1v) is 6.43. The van der Waals surface area contributed by atoms with Gasteiger partial charge < -0.3 is 4.74 Å². The van der Waals surface area contributed by atoms with Gasteiger partial charge >= 0.3 is 5.97 Å². The second-order valence-corrected chi connectivity index (χ2v) is 4.70. The van der Waals surface area contributed by atoms with Crippen molar-refractivity contribution in [1.82, 2.24) is 0 Å². The standard InChI is InChI=1S/C16H20O3/c1-12(2)19-16(18)15(13(3)17)11-7-10-14-8-5-4-6-9-14/h4-10,12,15H,11H2,1-3H3/b10-7+. The number of Topliss-reactive ketones (excluding diaryl/α,β-unsaturated/α-hetero) is 1. The molecule has 0 heterocycles. The molecule has 0 N–H and O–H groups in total. The van der Waals surface area contributed by atoms with Crippen molar-refractivity contribution in [3.63, 3.8) is 0 Å². The van der Waals surface area contributed by atoms with Crippen LogP contribution in [0.2, 0.25) is 0 Å². The van der Waals surface area contributed by atoms with E-state index >= 15 is 0 Å². The van der Waals surface area contributed by atoms with E-state index in [4.69, 9.17) is 4.74 Å². The van der Waals surface area contributed by atoms with Crippen molar-refractivity contribution in [2.45, 2.75) is 33.3 Å². The summed E-state index contributed by atoms with van der Waals surface area (Å²) in [6.45, 7) is 4.96. The molecule has 0 aliphatic rings. The highest BCUT2D eigenvalue weighted by Gasteiger charge is 2.24. The topological polar surface area (TPSA) is 43.4 Å². The van der Waals surface area contributed by atoms with Gasteiger partial charge in [0.1, 0.15) is 11.7 Å². The van der Waals surface area contributed by atoms with E-state index in [1.807, 2.05) is 42.5 Å². The van der Waals surface area contributed by atoms with E-state index in [-0.39, 0.29) is 11.9 Å². The first-order chi connectivity index (χ1) is 9.00. The van der Waals surface area contributed by atoms with Gasteiger partial charge in [0.2, 0.25) is 0 Å². The number of rotatable bonds is 6. The van der Waals surface area contributed by atoms with Gasteiger partial charge in [-0.25, -0.2) is 0 Å². The predicted octanol–water partition coefficient (Wildman–Crippen LogP) is 3.25. The Labute approximate surface area is 114 Å². The number of hydrogen-bond donors (Lipinski definition) is 0. The first kappa shape index (κ1) is 15.2. The molecule has 0 radical (unpaired) electrons. The fraction of sp³-hybridized carbons (Fsp3) is 0.375. The highest BCUT2D eigenvalue weighted by atomic mass is 16.5. The third-order valence-corrected chi connectivity index (χ3v) is 2.61. The number of carbonyl (C=O) groups is 2. The average Bonchev–Trinajstić information content (AvgIpc) is 2.34. The third kappa shape index (κ3) is 5.51. The van der Waals surface area contributed by atoms with E-state index in [9.17, 15) is 9.59 Å². The molecule has 0 aromatic heterocycles. The largest absolute Gasteiger partial charge is 0.462 e. The Bertz CT molecular complexity index is 446. The minimum absolute atomic E-state index is 0.164. The molecule has 1 unspecified atom stereocenters. The lowest BCUT2D eigenvalue weighted by Crippen LogP contribution is -2.26. The van der Waals surface area contributed by atoms with Crippen LogP contribution in [0.1, 0.15) is 32.8 Å². The zero-order valence-corrected chi connectivity index (χ0v) is 11.6. The van der Waals surface area contributed by atoms with E-state index in [1.54, 1.807) is 13.8 Å². The molecule has 0 bridgehead atoms. The summed E-state index contributed by atoms with van der Waals surface area (Å²) in [7, 11) is 0. The third-order valence-electron chi connectivity index (χ3n) is 2.61. The van der Waals surface area contributed by atoms with Gasteiger partial charge in [0.05, 0.1) is 6.10 Å². The van der Waals surface area contributed by atoms with Crippen LogP contribution in [0.3, 0.4) is 0 Å². The maximum absolute atomic E-state index is 11.8. The van der Waals surface area contributed by atoms with Crippen molar-refractivity contribution in [1.29, 1.82) is 0 Å². The lowest BCUT2D eigenvalue weighted by Gasteiger charge is -2.13. The molecule has 0 saturated carbocycles. The molecular formula is C16H20O3. The summed E-state index contributed by atoms with van der Waals surface area (Å²) < 4.78 is 5.08. The van der Waals surface area contributed by atoms with E-state index in [0.717, 1.165) is 5.56 Å². The van der Waals surface area contributed by atoms with Gasteiger partial charge in [0.15, 0.2) is 0 Å². The zero-order chi connectivity index (χ0) is 14.3. The van der Waals surface area contributed by atoms with Gasteiger partial charge in [-0.2, -0.15) is 0 Å².